The molecule has 0 radical (unpaired) electrons. The molecular weight excluding hydrogens is 506 g/mol. The van der Waals surface area contributed by atoms with Gasteiger partial charge in [0.25, 0.3) is 0 Å². The fourth-order valence-electron chi connectivity index (χ4n) is 5.12. The van der Waals surface area contributed by atoms with E-state index in [1.54, 1.807) is 36.0 Å². The minimum atomic E-state index is -4.41. The van der Waals surface area contributed by atoms with Gasteiger partial charge >= 0.3 is 6.18 Å². The van der Waals surface area contributed by atoms with E-state index in [1.165, 1.54) is 6.92 Å². The van der Waals surface area contributed by atoms with Gasteiger partial charge < -0.3 is 19.9 Å². The molecule has 2 atom stereocenters. The first kappa shape index (κ1) is 24.8. The van der Waals surface area contributed by atoms with Crippen molar-refractivity contribution in [3.05, 3.63) is 30.2 Å². The Morgan fingerprint density at radius 1 is 1.13 bits per heavy atom. The molecule has 6 rings (SSSR count). The summed E-state index contributed by atoms with van der Waals surface area (Å²) in [6.07, 6.45) is -3.16. The van der Waals surface area contributed by atoms with Crippen LogP contribution in [0.1, 0.15) is 12.2 Å². The number of ether oxygens (including phenoxy) is 1. The number of rotatable bonds is 6. The van der Waals surface area contributed by atoms with E-state index in [-0.39, 0.29) is 17.4 Å². The number of halogens is 4. The van der Waals surface area contributed by atoms with Crippen molar-refractivity contribution >= 4 is 28.4 Å². The van der Waals surface area contributed by atoms with E-state index in [4.69, 9.17) is 4.74 Å². The number of piperidine rings is 1. The Balaban J connectivity index is 1.30. The quantitative estimate of drug-likeness (QED) is 0.365. The second kappa shape index (κ2) is 9.34. The van der Waals surface area contributed by atoms with Crippen LogP contribution in [0, 0.1) is 6.92 Å². The molecule has 14 heteroatoms. The smallest absolute Gasteiger partial charge is 0.378 e. The number of nitrogens with one attached hydrogen (secondary N) is 2. The van der Waals surface area contributed by atoms with Gasteiger partial charge in [-0.15, -0.1) is 5.10 Å². The molecule has 6 heterocycles. The third-order valence-corrected chi connectivity index (χ3v) is 7.17. The minimum absolute atomic E-state index is 0.149. The average Bonchev–Trinajstić information content (AvgIpc) is 3.39. The lowest BCUT2D eigenvalue weighted by atomic mass is 10.0. The molecule has 2 aliphatic heterocycles. The summed E-state index contributed by atoms with van der Waals surface area (Å²) in [4.78, 5) is 15.4. The number of hydrogen-bond donors (Lipinski definition) is 2. The third-order valence-electron chi connectivity index (χ3n) is 7.17. The van der Waals surface area contributed by atoms with E-state index < -0.39 is 24.9 Å². The molecule has 0 bridgehead atoms. The topological polar surface area (TPSA) is 97.4 Å². The standard InChI is InChI=1S/C24H27F4N9O/c1-13-30-19-4-3-17(31-22(19)36(13)12-24(26,27)28)15-5-8-37-20(15)21(29-2)33-23(34-37)32-18-6-7-35(9-16(18)25)14-10-38-11-14/h3-5,8,14,16,18H,6-7,9-12H2,1-2H3,(H2,29,32,33,34)/t16-,18+/m0/s1. The SMILES string of the molecule is CNc1nc(N[C@@H]2CCN(C3COC3)C[C@@H]2F)nn2ccc(-c3ccc4nc(C)n(CC(F)(F)F)c4n3)c12. The van der Waals surface area contributed by atoms with Gasteiger partial charge in [-0.3, -0.25) is 4.90 Å². The third kappa shape index (κ3) is 4.51. The summed E-state index contributed by atoms with van der Waals surface area (Å²) in [5.41, 5.74) is 2.22. The highest BCUT2D eigenvalue weighted by atomic mass is 19.4. The van der Waals surface area contributed by atoms with Crippen LogP contribution in [-0.4, -0.2) is 91.8 Å². The van der Waals surface area contributed by atoms with Crippen LogP contribution in [0.2, 0.25) is 0 Å². The second-order valence-electron chi connectivity index (χ2n) is 9.70. The van der Waals surface area contributed by atoms with E-state index in [2.05, 4.69) is 35.6 Å². The van der Waals surface area contributed by atoms with Crippen molar-refractivity contribution in [2.75, 3.05) is 44.0 Å². The molecule has 0 saturated carbocycles. The summed E-state index contributed by atoms with van der Waals surface area (Å²) in [5.74, 6) is 0.986. The predicted octanol–water partition coefficient (Wildman–Crippen LogP) is 3.28. The van der Waals surface area contributed by atoms with Crippen LogP contribution in [0.4, 0.5) is 29.3 Å². The molecule has 2 fully saturated rings. The highest BCUT2D eigenvalue weighted by Crippen LogP contribution is 2.31. The molecule has 2 N–H and O–H groups in total. The molecule has 0 amide bonds. The number of likely N-dealkylation sites (tertiary alicyclic amines) is 1. The summed E-state index contributed by atoms with van der Waals surface area (Å²) in [5, 5.41) is 10.7. The van der Waals surface area contributed by atoms with Crippen LogP contribution >= 0.6 is 0 Å². The van der Waals surface area contributed by atoms with Crippen molar-refractivity contribution in [2.24, 2.45) is 0 Å². The lowest BCUT2D eigenvalue weighted by Crippen LogP contribution is -2.57. The summed E-state index contributed by atoms with van der Waals surface area (Å²) in [7, 11) is 1.71. The molecule has 0 unspecified atom stereocenters. The first-order chi connectivity index (χ1) is 18.2. The Morgan fingerprint density at radius 3 is 2.63 bits per heavy atom. The van der Waals surface area contributed by atoms with Gasteiger partial charge in [-0.1, -0.05) is 0 Å². The molecule has 2 aliphatic rings. The van der Waals surface area contributed by atoms with Gasteiger partial charge in [-0.05, 0) is 31.5 Å². The number of hydrogen-bond acceptors (Lipinski definition) is 8. The van der Waals surface area contributed by atoms with Gasteiger partial charge in [0.15, 0.2) is 11.5 Å². The van der Waals surface area contributed by atoms with Crippen LogP contribution < -0.4 is 10.6 Å². The number of anilines is 2. The number of aryl methyl sites for hydroxylation is 1. The zero-order valence-corrected chi connectivity index (χ0v) is 20.8. The number of fused-ring (bicyclic) bond motifs is 2. The van der Waals surface area contributed by atoms with Crippen molar-refractivity contribution < 1.29 is 22.3 Å². The van der Waals surface area contributed by atoms with Crippen molar-refractivity contribution in [2.45, 2.75) is 44.3 Å². The van der Waals surface area contributed by atoms with E-state index in [1.807, 2.05) is 0 Å². The highest BCUT2D eigenvalue weighted by molar-refractivity contribution is 5.89. The number of alkyl halides is 4. The largest absolute Gasteiger partial charge is 0.406 e. The molecule has 0 aliphatic carbocycles. The normalized spacial score (nSPS) is 21.2. The van der Waals surface area contributed by atoms with Crippen LogP contribution in [0.5, 0.6) is 0 Å². The highest BCUT2D eigenvalue weighted by Gasteiger charge is 2.36. The monoisotopic (exact) mass is 533 g/mol. The van der Waals surface area contributed by atoms with Crippen molar-refractivity contribution in [1.82, 2.24) is 34.0 Å². The molecule has 4 aromatic heterocycles. The predicted molar refractivity (Wildman–Crippen MR) is 133 cm³/mol. The molecule has 0 aromatic carbocycles. The summed E-state index contributed by atoms with van der Waals surface area (Å²) in [6, 6.07) is 5.00. The van der Waals surface area contributed by atoms with Gasteiger partial charge in [-0.25, -0.2) is 18.9 Å². The molecule has 38 heavy (non-hydrogen) atoms. The maximum Gasteiger partial charge on any atom is 0.406 e. The van der Waals surface area contributed by atoms with Crippen LogP contribution in [0.25, 0.3) is 27.9 Å². The zero-order chi connectivity index (χ0) is 26.6. The maximum atomic E-state index is 15.0. The Morgan fingerprint density at radius 2 is 1.95 bits per heavy atom. The molecule has 4 aromatic rings. The number of nitrogens with zero attached hydrogens (tertiary/aromatic N) is 7. The number of imidazole rings is 1. The van der Waals surface area contributed by atoms with E-state index in [0.717, 1.165) is 11.1 Å². The van der Waals surface area contributed by atoms with Gasteiger partial charge in [0.05, 0.1) is 31.0 Å². The summed E-state index contributed by atoms with van der Waals surface area (Å²) >= 11 is 0. The first-order valence-corrected chi connectivity index (χ1v) is 12.4. The lowest BCUT2D eigenvalue weighted by Gasteiger charge is -2.42. The second-order valence-corrected chi connectivity index (χ2v) is 9.70. The Hall–Kier alpha value is -3.52. The van der Waals surface area contributed by atoms with Crippen molar-refractivity contribution in [3.8, 4) is 11.3 Å². The molecule has 10 nitrogen and oxygen atoms in total. The lowest BCUT2D eigenvalue weighted by molar-refractivity contribution is -0.140. The van der Waals surface area contributed by atoms with Gasteiger partial charge in [0.2, 0.25) is 5.95 Å². The minimum Gasteiger partial charge on any atom is -0.378 e. The molecule has 2 saturated heterocycles. The van der Waals surface area contributed by atoms with Gasteiger partial charge in [0, 0.05) is 31.9 Å². The average molecular weight is 534 g/mol. The zero-order valence-electron chi connectivity index (χ0n) is 20.8. The fourth-order valence-corrected chi connectivity index (χ4v) is 5.12. The van der Waals surface area contributed by atoms with E-state index >= 15 is 0 Å². The molecule has 0 spiro atoms. The number of aromatic nitrogens is 6. The fraction of sp³-hybridized carbons (Fsp3) is 0.500. The molecule has 202 valence electrons. The van der Waals surface area contributed by atoms with Crippen LogP contribution in [0.15, 0.2) is 24.4 Å². The Bertz CT molecular complexity index is 1480. The Labute approximate surface area is 215 Å². The summed E-state index contributed by atoms with van der Waals surface area (Å²) < 4.78 is 62.4. The Kier molecular flexibility index (Phi) is 6.10. The summed E-state index contributed by atoms with van der Waals surface area (Å²) in [6.45, 7) is 2.75. The van der Waals surface area contributed by atoms with Crippen molar-refractivity contribution in [1.29, 1.82) is 0 Å². The van der Waals surface area contributed by atoms with E-state index in [0.29, 0.717) is 60.3 Å². The first-order valence-electron chi connectivity index (χ1n) is 12.4. The number of pyridine rings is 1. The van der Waals surface area contributed by atoms with Crippen molar-refractivity contribution in [3.63, 3.8) is 0 Å². The van der Waals surface area contributed by atoms with Crippen LogP contribution in [-0.2, 0) is 11.3 Å². The van der Waals surface area contributed by atoms with Crippen LogP contribution in [0.3, 0.4) is 0 Å². The van der Waals surface area contributed by atoms with E-state index in [9.17, 15) is 17.6 Å². The van der Waals surface area contributed by atoms with Gasteiger partial charge in [0.1, 0.15) is 29.6 Å². The maximum absolute atomic E-state index is 15.0. The van der Waals surface area contributed by atoms with Gasteiger partial charge in [-0.2, -0.15) is 18.2 Å². The molecular formula is C24H27F4N9O.